The zero-order valence-corrected chi connectivity index (χ0v) is 13.9. The number of nitrogens with zero attached hydrogens (tertiary/aromatic N) is 2. The molecule has 0 aliphatic carbocycles. The molecule has 0 unspecified atom stereocenters. The molecule has 7 nitrogen and oxygen atoms in total. The van der Waals surface area contributed by atoms with Crippen LogP contribution in [0.1, 0.15) is 11.3 Å². The highest BCUT2D eigenvalue weighted by molar-refractivity contribution is 6.15. The SMILES string of the molecule is COC(=O)CN1C(=O)N/C(=C/c2cccn2-c2ccccc2C)C1=O. The summed E-state index contributed by atoms with van der Waals surface area (Å²) < 4.78 is 6.43. The zero-order valence-electron chi connectivity index (χ0n) is 13.9. The molecule has 25 heavy (non-hydrogen) atoms. The molecule has 0 spiro atoms. The van der Waals surface area contributed by atoms with Gasteiger partial charge in [0.2, 0.25) is 0 Å². The number of benzene rings is 1. The summed E-state index contributed by atoms with van der Waals surface area (Å²) in [7, 11) is 1.20. The summed E-state index contributed by atoms with van der Waals surface area (Å²) in [5.74, 6) is -1.22. The van der Waals surface area contributed by atoms with E-state index in [1.54, 1.807) is 6.08 Å². The first kappa shape index (κ1) is 16.5. The quantitative estimate of drug-likeness (QED) is 0.524. The van der Waals surface area contributed by atoms with Crippen molar-refractivity contribution in [2.75, 3.05) is 13.7 Å². The molecule has 2 heterocycles. The Labute approximate surface area is 144 Å². The molecule has 0 radical (unpaired) electrons. The van der Waals surface area contributed by atoms with Crippen molar-refractivity contribution >= 4 is 24.0 Å². The predicted octanol–water partition coefficient (Wildman–Crippen LogP) is 1.85. The monoisotopic (exact) mass is 339 g/mol. The van der Waals surface area contributed by atoms with Gasteiger partial charge in [-0.1, -0.05) is 18.2 Å². The third-order valence-electron chi connectivity index (χ3n) is 3.92. The first-order chi connectivity index (χ1) is 12.0. The standard InChI is InChI=1S/C18H17N3O4/c1-12-6-3-4-8-15(12)20-9-5-7-13(20)10-14-17(23)21(18(24)19-14)11-16(22)25-2/h3-10H,11H2,1-2H3,(H,19,24)/b14-10+. The maximum Gasteiger partial charge on any atom is 0.329 e. The van der Waals surface area contributed by atoms with Crippen molar-refractivity contribution in [1.82, 2.24) is 14.8 Å². The highest BCUT2D eigenvalue weighted by Gasteiger charge is 2.35. The lowest BCUT2D eigenvalue weighted by Gasteiger charge is -2.10. The largest absolute Gasteiger partial charge is 0.468 e. The Morgan fingerprint density at radius 3 is 2.68 bits per heavy atom. The summed E-state index contributed by atoms with van der Waals surface area (Å²) in [5, 5.41) is 2.49. The molecule has 1 saturated heterocycles. The topological polar surface area (TPSA) is 80.6 Å². The minimum atomic E-state index is -0.659. The van der Waals surface area contributed by atoms with E-state index in [0.717, 1.165) is 21.8 Å². The molecule has 1 aromatic carbocycles. The average molecular weight is 339 g/mol. The van der Waals surface area contributed by atoms with Gasteiger partial charge in [0.15, 0.2) is 0 Å². The van der Waals surface area contributed by atoms with Crippen molar-refractivity contribution in [3.63, 3.8) is 0 Å². The number of methoxy groups -OCH3 is 1. The van der Waals surface area contributed by atoms with Crippen LogP contribution in [0.2, 0.25) is 0 Å². The van der Waals surface area contributed by atoms with Crippen LogP contribution < -0.4 is 5.32 Å². The van der Waals surface area contributed by atoms with Crippen molar-refractivity contribution in [2.45, 2.75) is 6.92 Å². The number of hydrogen-bond donors (Lipinski definition) is 1. The predicted molar refractivity (Wildman–Crippen MR) is 90.7 cm³/mol. The highest BCUT2D eigenvalue weighted by atomic mass is 16.5. The summed E-state index contributed by atoms with van der Waals surface area (Å²) in [5.41, 5.74) is 2.90. The number of nitrogens with one attached hydrogen (secondary N) is 1. The molecule has 7 heteroatoms. The van der Waals surface area contributed by atoms with Gasteiger partial charge < -0.3 is 14.6 Å². The van der Waals surface area contributed by atoms with Crippen LogP contribution in [0, 0.1) is 6.92 Å². The molecule has 128 valence electrons. The maximum absolute atomic E-state index is 12.4. The Kier molecular flexibility index (Phi) is 4.38. The number of carbonyl (C=O) groups is 3. The lowest BCUT2D eigenvalue weighted by molar-refractivity contribution is -0.143. The number of hydrogen-bond acceptors (Lipinski definition) is 4. The van der Waals surface area contributed by atoms with Gasteiger partial charge in [-0.25, -0.2) is 9.69 Å². The number of urea groups is 1. The van der Waals surface area contributed by atoms with Crippen molar-refractivity contribution < 1.29 is 19.1 Å². The van der Waals surface area contributed by atoms with E-state index in [1.807, 2.05) is 54.1 Å². The van der Waals surface area contributed by atoms with Gasteiger partial charge in [0.05, 0.1) is 7.11 Å². The summed E-state index contributed by atoms with van der Waals surface area (Å²) >= 11 is 0. The van der Waals surface area contributed by atoms with Crippen molar-refractivity contribution in [2.24, 2.45) is 0 Å². The van der Waals surface area contributed by atoms with Crippen molar-refractivity contribution in [3.8, 4) is 5.69 Å². The average Bonchev–Trinajstić information content (AvgIpc) is 3.15. The van der Waals surface area contributed by atoms with Crippen LogP contribution in [0.3, 0.4) is 0 Å². The van der Waals surface area contributed by atoms with Crippen LogP contribution in [0.15, 0.2) is 48.3 Å². The van der Waals surface area contributed by atoms with Crippen LogP contribution >= 0.6 is 0 Å². The van der Waals surface area contributed by atoms with Crippen LogP contribution in [0.5, 0.6) is 0 Å². The molecule has 1 aliphatic heterocycles. The lowest BCUT2D eigenvalue weighted by atomic mass is 10.2. The molecule has 0 saturated carbocycles. The number of aryl methyl sites for hydroxylation is 1. The highest BCUT2D eigenvalue weighted by Crippen LogP contribution is 2.20. The zero-order chi connectivity index (χ0) is 18.0. The van der Waals surface area contributed by atoms with Gasteiger partial charge in [0.1, 0.15) is 12.2 Å². The minimum absolute atomic E-state index is 0.113. The lowest BCUT2D eigenvalue weighted by Crippen LogP contribution is -2.36. The van der Waals surface area contributed by atoms with Gasteiger partial charge >= 0.3 is 12.0 Å². The molecule has 0 atom stereocenters. The summed E-state index contributed by atoms with van der Waals surface area (Å²) in [4.78, 5) is 36.4. The second-order valence-corrected chi connectivity index (χ2v) is 5.55. The van der Waals surface area contributed by atoms with Gasteiger partial charge in [0, 0.05) is 17.6 Å². The Morgan fingerprint density at radius 1 is 1.20 bits per heavy atom. The van der Waals surface area contributed by atoms with Gasteiger partial charge in [-0.2, -0.15) is 0 Å². The molecule has 0 bridgehead atoms. The first-order valence-electron chi connectivity index (χ1n) is 7.66. The van der Waals surface area contributed by atoms with E-state index in [2.05, 4.69) is 10.1 Å². The van der Waals surface area contributed by atoms with Crippen molar-refractivity contribution in [1.29, 1.82) is 0 Å². The number of para-hydroxylation sites is 1. The fourth-order valence-corrected chi connectivity index (χ4v) is 2.62. The third kappa shape index (κ3) is 3.16. The molecule has 1 N–H and O–H groups in total. The summed E-state index contributed by atoms with van der Waals surface area (Å²) in [6.07, 6.45) is 3.46. The Bertz CT molecular complexity index is 882. The first-order valence-corrected chi connectivity index (χ1v) is 7.66. The van der Waals surface area contributed by atoms with Crippen LogP contribution in [-0.2, 0) is 14.3 Å². The minimum Gasteiger partial charge on any atom is -0.468 e. The van der Waals surface area contributed by atoms with Gasteiger partial charge in [-0.05, 0) is 36.8 Å². The Hall–Kier alpha value is -3.35. The van der Waals surface area contributed by atoms with E-state index in [-0.39, 0.29) is 5.70 Å². The second-order valence-electron chi connectivity index (χ2n) is 5.55. The molecule has 1 aliphatic rings. The van der Waals surface area contributed by atoms with E-state index in [9.17, 15) is 14.4 Å². The van der Waals surface area contributed by atoms with Gasteiger partial charge in [0.25, 0.3) is 5.91 Å². The molecular formula is C18H17N3O4. The summed E-state index contributed by atoms with van der Waals surface area (Å²) in [6.45, 7) is 1.57. The Morgan fingerprint density at radius 2 is 1.96 bits per heavy atom. The maximum atomic E-state index is 12.4. The fraction of sp³-hybridized carbons (Fsp3) is 0.167. The van der Waals surface area contributed by atoms with E-state index in [0.29, 0.717) is 0 Å². The molecule has 3 amide bonds. The van der Waals surface area contributed by atoms with Crippen LogP contribution in [0.4, 0.5) is 4.79 Å². The van der Waals surface area contributed by atoms with E-state index < -0.39 is 24.5 Å². The normalized spacial score (nSPS) is 15.6. The van der Waals surface area contributed by atoms with Gasteiger partial charge in [-0.3, -0.25) is 9.59 Å². The van der Waals surface area contributed by atoms with E-state index in [4.69, 9.17) is 0 Å². The Balaban J connectivity index is 1.92. The number of rotatable bonds is 4. The van der Waals surface area contributed by atoms with E-state index in [1.165, 1.54) is 7.11 Å². The van der Waals surface area contributed by atoms with Crippen LogP contribution in [0.25, 0.3) is 11.8 Å². The van der Waals surface area contributed by atoms with E-state index >= 15 is 0 Å². The van der Waals surface area contributed by atoms with Crippen LogP contribution in [-0.4, -0.2) is 41.0 Å². The number of carbonyl (C=O) groups excluding carboxylic acids is 3. The van der Waals surface area contributed by atoms with Gasteiger partial charge in [-0.15, -0.1) is 0 Å². The molecule has 1 fully saturated rings. The van der Waals surface area contributed by atoms with Crippen molar-refractivity contribution in [3.05, 3.63) is 59.5 Å². The molecule has 3 rings (SSSR count). The fourth-order valence-electron chi connectivity index (χ4n) is 2.62. The smallest absolute Gasteiger partial charge is 0.329 e. The third-order valence-corrected chi connectivity index (χ3v) is 3.92. The molecule has 1 aromatic heterocycles. The molecular weight excluding hydrogens is 322 g/mol. The number of amides is 3. The summed E-state index contributed by atoms with van der Waals surface area (Å²) in [6, 6.07) is 10.9. The number of ether oxygens (including phenoxy) is 1. The molecule has 2 aromatic rings. The number of imide groups is 1. The number of esters is 1. The number of aromatic nitrogens is 1. The second kappa shape index (κ2) is 6.64.